The first-order valence-corrected chi connectivity index (χ1v) is 7.36. The van der Waals surface area contributed by atoms with E-state index < -0.39 is 0 Å². The van der Waals surface area contributed by atoms with Gasteiger partial charge in [0, 0.05) is 19.3 Å². The number of hydrogen-bond donors (Lipinski definition) is 1. The highest BCUT2D eigenvalue weighted by molar-refractivity contribution is 5.18. The van der Waals surface area contributed by atoms with Crippen LogP contribution in [-0.2, 0) is 19.9 Å². The summed E-state index contributed by atoms with van der Waals surface area (Å²) in [6, 6.07) is 7.39. The molecule has 0 radical (unpaired) electrons. The van der Waals surface area contributed by atoms with Crippen LogP contribution >= 0.6 is 0 Å². The molecule has 1 heterocycles. The first-order chi connectivity index (χ1) is 10.0. The van der Waals surface area contributed by atoms with Crippen molar-refractivity contribution in [2.75, 3.05) is 6.54 Å². The van der Waals surface area contributed by atoms with E-state index >= 15 is 0 Å². The monoisotopic (exact) mass is 290 g/mol. The van der Waals surface area contributed by atoms with Gasteiger partial charge in [0.1, 0.15) is 5.82 Å². The predicted molar refractivity (Wildman–Crippen MR) is 81.4 cm³/mol. The van der Waals surface area contributed by atoms with E-state index in [1.54, 1.807) is 10.7 Å². The molecule has 1 N–H and O–H groups in total. The number of nitrogens with zero attached hydrogens (tertiary/aromatic N) is 3. The highest BCUT2D eigenvalue weighted by Gasteiger charge is 2.15. The Kier molecular flexibility index (Phi) is 5.44. The number of nitrogens with one attached hydrogen (secondary N) is 1. The Morgan fingerprint density at radius 2 is 2.00 bits per heavy atom. The summed E-state index contributed by atoms with van der Waals surface area (Å²) in [5.74, 6) is 0.159. The summed E-state index contributed by atoms with van der Waals surface area (Å²) in [6.45, 7) is 5.06. The zero-order chi connectivity index (χ0) is 15.2. The summed E-state index contributed by atoms with van der Waals surface area (Å²) in [5, 5.41) is 11.5. The molecule has 114 valence electrons. The van der Waals surface area contributed by atoms with Gasteiger partial charge in [-0.05, 0) is 36.9 Å². The zero-order valence-corrected chi connectivity index (χ0v) is 12.9. The molecule has 0 aliphatic carbocycles. The van der Waals surface area contributed by atoms with Crippen molar-refractivity contribution < 1.29 is 4.39 Å². The summed E-state index contributed by atoms with van der Waals surface area (Å²) < 4.78 is 15.5. The van der Waals surface area contributed by atoms with E-state index in [9.17, 15) is 4.39 Å². The van der Waals surface area contributed by atoms with Gasteiger partial charge in [0.25, 0.3) is 0 Å². The number of aryl methyl sites for hydroxylation is 1. The maximum Gasteiger partial charge on any atom is 0.126 e. The van der Waals surface area contributed by atoms with Crippen LogP contribution in [0.4, 0.5) is 4.39 Å². The molecule has 0 spiro atoms. The van der Waals surface area contributed by atoms with Crippen LogP contribution < -0.4 is 5.32 Å². The number of rotatable bonds is 7. The van der Waals surface area contributed by atoms with Gasteiger partial charge in [-0.15, -0.1) is 5.10 Å². The van der Waals surface area contributed by atoms with Crippen LogP contribution in [0, 0.1) is 11.7 Å². The lowest BCUT2D eigenvalue weighted by atomic mass is 9.94. The molecule has 0 saturated heterocycles. The molecule has 5 heteroatoms. The maximum absolute atomic E-state index is 13.8. The van der Waals surface area contributed by atoms with Crippen LogP contribution in [0.2, 0.25) is 0 Å². The Labute approximate surface area is 125 Å². The van der Waals surface area contributed by atoms with Crippen molar-refractivity contribution in [3.8, 4) is 0 Å². The molecule has 1 unspecified atom stereocenters. The lowest BCUT2D eigenvalue weighted by Crippen LogP contribution is -2.31. The van der Waals surface area contributed by atoms with Crippen molar-refractivity contribution in [2.24, 2.45) is 13.0 Å². The summed E-state index contributed by atoms with van der Waals surface area (Å²) >= 11 is 0. The molecule has 0 saturated carbocycles. The van der Waals surface area contributed by atoms with Crippen LogP contribution in [0.25, 0.3) is 0 Å². The lowest BCUT2D eigenvalue weighted by molar-refractivity contribution is 0.434. The zero-order valence-electron chi connectivity index (χ0n) is 12.9. The Hall–Kier alpha value is -1.75. The lowest BCUT2D eigenvalue weighted by Gasteiger charge is -2.18. The van der Waals surface area contributed by atoms with Crippen LogP contribution in [0.3, 0.4) is 0 Å². The largest absolute Gasteiger partial charge is 0.314 e. The smallest absolute Gasteiger partial charge is 0.126 e. The maximum atomic E-state index is 13.8. The molecule has 0 aliphatic heterocycles. The van der Waals surface area contributed by atoms with Gasteiger partial charge in [-0.3, -0.25) is 4.68 Å². The summed E-state index contributed by atoms with van der Waals surface area (Å²) in [6.07, 6.45) is 3.41. The molecule has 1 atom stereocenters. The van der Waals surface area contributed by atoms with Gasteiger partial charge in [0.2, 0.25) is 0 Å². The van der Waals surface area contributed by atoms with E-state index in [2.05, 4.69) is 29.5 Å². The highest BCUT2D eigenvalue weighted by Crippen LogP contribution is 2.16. The van der Waals surface area contributed by atoms with E-state index in [1.807, 2.05) is 25.4 Å². The van der Waals surface area contributed by atoms with Crippen molar-refractivity contribution in [1.29, 1.82) is 0 Å². The molecule has 0 aliphatic rings. The minimum Gasteiger partial charge on any atom is -0.314 e. The Balaban J connectivity index is 2.06. The Bertz CT molecular complexity index is 565. The molecule has 2 rings (SSSR count). The quantitative estimate of drug-likeness (QED) is 0.851. The van der Waals surface area contributed by atoms with Gasteiger partial charge >= 0.3 is 0 Å². The van der Waals surface area contributed by atoms with Crippen molar-refractivity contribution in [1.82, 2.24) is 20.3 Å². The summed E-state index contributed by atoms with van der Waals surface area (Å²) in [4.78, 5) is 0. The van der Waals surface area contributed by atoms with Gasteiger partial charge in [-0.2, -0.15) is 0 Å². The van der Waals surface area contributed by atoms with Crippen molar-refractivity contribution >= 4 is 0 Å². The van der Waals surface area contributed by atoms with Gasteiger partial charge in [-0.1, -0.05) is 37.3 Å². The number of halogens is 1. The average Bonchev–Trinajstić information content (AvgIpc) is 2.84. The van der Waals surface area contributed by atoms with Crippen LogP contribution in [-0.4, -0.2) is 27.6 Å². The van der Waals surface area contributed by atoms with E-state index in [0.29, 0.717) is 18.4 Å². The molecule has 0 fully saturated rings. The average molecular weight is 290 g/mol. The second kappa shape index (κ2) is 7.31. The normalized spacial score (nSPS) is 12.8. The molecule has 2 aromatic rings. The van der Waals surface area contributed by atoms with Crippen molar-refractivity contribution in [3.05, 3.63) is 47.5 Å². The minimum absolute atomic E-state index is 0.133. The molecule has 21 heavy (non-hydrogen) atoms. The molecule has 0 bridgehead atoms. The van der Waals surface area contributed by atoms with Crippen molar-refractivity contribution in [3.63, 3.8) is 0 Å². The number of aromatic nitrogens is 3. The van der Waals surface area contributed by atoms with Crippen LogP contribution in [0.1, 0.15) is 25.1 Å². The Morgan fingerprint density at radius 3 is 2.62 bits per heavy atom. The van der Waals surface area contributed by atoms with Crippen molar-refractivity contribution in [2.45, 2.75) is 32.7 Å². The molecular formula is C16H23FN4. The van der Waals surface area contributed by atoms with Gasteiger partial charge in [-0.25, -0.2) is 4.39 Å². The topological polar surface area (TPSA) is 42.7 Å². The van der Waals surface area contributed by atoms with E-state index in [-0.39, 0.29) is 5.82 Å². The van der Waals surface area contributed by atoms with E-state index in [1.165, 1.54) is 6.07 Å². The predicted octanol–water partition coefficient (Wildman–Crippen LogP) is 2.35. The molecule has 0 amide bonds. The van der Waals surface area contributed by atoms with E-state index in [4.69, 9.17) is 0 Å². The first kappa shape index (κ1) is 15.6. The minimum atomic E-state index is -0.133. The SMILES string of the molecule is CC(C)NCC(Cc1cn(C)nn1)Cc1ccccc1F. The number of hydrogen-bond acceptors (Lipinski definition) is 3. The first-order valence-electron chi connectivity index (χ1n) is 7.36. The van der Waals surface area contributed by atoms with Crippen LogP contribution in [0.5, 0.6) is 0 Å². The second-order valence-electron chi connectivity index (χ2n) is 5.81. The van der Waals surface area contributed by atoms with Gasteiger partial charge in [0.15, 0.2) is 0 Å². The van der Waals surface area contributed by atoms with E-state index in [0.717, 1.165) is 24.2 Å². The summed E-state index contributed by atoms with van der Waals surface area (Å²) in [7, 11) is 1.86. The van der Waals surface area contributed by atoms with Crippen LogP contribution in [0.15, 0.2) is 30.5 Å². The third-order valence-electron chi connectivity index (χ3n) is 3.43. The highest BCUT2D eigenvalue weighted by atomic mass is 19.1. The third-order valence-corrected chi connectivity index (χ3v) is 3.43. The molecule has 4 nitrogen and oxygen atoms in total. The Morgan fingerprint density at radius 1 is 1.24 bits per heavy atom. The molecule has 1 aromatic heterocycles. The fourth-order valence-corrected chi connectivity index (χ4v) is 2.38. The second-order valence-corrected chi connectivity index (χ2v) is 5.81. The fraction of sp³-hybridized carbons (Fsp3) is 0.500. The molecular weight excluding hydrogens is 267 g/mol. The molecule has 1 aromatic carbocycles. The fourth-order valence-electron chi connectivity index (χ4n) is 2.38. The third kappa shape index (κ3) is 4.93. The van der Waals surface area contributed by atoms with Gasteiger partial charge < -0.3 is 5.32 Å². The van der Waals surface area contributed by atoms with Gasteiger partial charge in [0.05, 0.1) is 5.69 Å². The summed E-state index contributed by atoms with van der Waals surface area (Å²) in [5.41, 5.74) is 1.71. The number of benzene rings is 1. The standard InChI is InChI=1S/C16H23FN4/c1-12(2)18-10-13(9-15-11-21(3)20-19-15)8-14-6-4-5-7-16(14)17/h4-7,11-13,18H,8-10H2,1-3H3.